The molecule has 3 saturated heterocycles. The number of anilines is 2. The van der Waals surface area contributed by atoms with Gasteiger partial charge in [-0.15, -0.1) is 13.2 Å². The van der Waals surface area contributed by atoms with Crippen LogP contribution in [0.25, 0.3) is 0 Å². The number of aliphatic hydroxyl groups excluding tert-OH is 1. The smallest absolute Gasteiger partial charge is 0.312 e. The summed E-state index contributed by atoms with van der Waals surface area (Å²) in [6.07, 6.45) is 5.90. The Morgan fingerprint density at radius 3 is 2.47 bits per heavy atom. The number of hydrogen-bond donors (Lipinski definition) is 2. The van der Waals surface area contributed by atoms with Crippen LogP contribution >= 0.6 is 0 Å². The maximum atomic E-state index is 14.7. The molecule has 3 heterocycles. The molecule has 1 spiro atoms. The number of fused-ring (bicyclic) bond motifs is 1. The van der Waals surface area contributed by atoms with Crippen LogP contribution in [0.15, 0.2) is 49.6 Å². The van der Waals surface area contributed by atoms with Crippen LogP contribution in [-0.4, -0.2) is 96.9 Å². The van der Waals surface area contributed by atoms with E-state index < -0.39 is 41.7 Å². The normalized spacial score (nSPS) is 24.9. The van der Waals surface area contributed by atoms with Crippen molar-refractivity contribution in [1.29, 1.82) is 0 Å². The van der Waals surface area contributed by atoms with Crippen LogP contribution in [-0.2, 0) is 28.7 Å². The summed E-state index contributed by atoms with van der Waals surface area (Å²) < 4.78 is 12.4. The second kappa shape index (κ2) is 16.4. The fourth-order valence-electron chi connectivity index (χ4n) is 7.44. The molecule has 0 aliphatic carbocycles. The lowest BCUT2D eigenvalue weighted by atomic mass is 9.70. The molecular formula is C36H52N4O7. The Bertz CT molecular complexity index is 1280. The fraction of sp³-hybridized carbons (Fsp3) is 0.611. The number of ether oxygens (including phenoxy) is 2. The second-order valence-corrected chi connectivity index (χ2v) is 12.7. The van der Waals surface area contributed by atoms with Gasteiger partial charge in [-0.05, 0) is 83.6 Å². The number of esters is 1. The Kier molecular flexibility index (Phi) is 12.6. The highest BCUT2D eigenvalue weighted by Crippen LogP contribution is 2.59. The summed E-state index contributed by atoms with van der Waals surface area (Å²) in [5.74, 6) is -2.97. The van der Waals surface area contributed by atoms with Gasteiger partial charge in [0.05, 0.1) is 24.5 Å². The number of carbonyl (C=O) groups excluding carboxylic acids is 4. The highest BCUT2D eigenvalue weighted by molar-refractivity contribution is 6.04. The van der Waals surface area contributed by atoms with Crippen molar-refractivity contribution in [2.75, 3.05) is 49.1 Å². The van der Waals surface area contributed by atoms with Gasteiger partial charge in [0.2, 0.25) is 11.8 Å². The maximum Gasteiger partial charge on any atom is 0.312 e. The van der Waals surface area contributed by atoms with E-state index in [0.717, 1.165) is 18.8 Å². The van der Waals surface area contributed by atoms with Gasteiger partial charge in [0, 0.05) is 50.6 Å². The fourth-order valence-corrected chi connectivity index (χ4v) is 7.44. The summed E-state index contributed by atoms with van der Waals surface area (Å²) in [6.45, 7) is 15.9. The van der Waals surface area contributed by atoms with E-state index in [1.807, 2.05) is 24.3 Å². The first kappa shape index (κ1) is 36.1. The van der Waals surface area contributed by atoms with Gasteiger partial charge in [-0.3, -0.25) is 19.2 Å². The van der Waals surface area contributed by atoms with Crippen LogP contribution in [0.1, 0.15) is 65.7 Å². The largest absolute Gasteiger partial charge is 0.460 e. The third-order valence-electron chi connectivity index (χ3n) is 9.71. The molecule has 6 atom stereocenters. The number of unbranched alkanes of at least 4 members (excludes halogenated alkanes) is 2. The Labute approximate surface area is 278 Å². The summed E-state index contributed by atoms with van der Waals surface area (Å²) in [7, 11) is 0. The first-order chi connectivity index (χ1) is 22.7. The molecule has 3 amide bonds. The van der Waals surface area contributed by atoms with Crippen molar-refractivity contribution in [2.24, 2.45) is 11.8 Å². The molecular weight excluding hydrogens is 600 g/mol. The monoisotopic (exact) mass is 652 g/mol. The number of nitrogens with one attached hydrogen (secondary N) is 1. The van der Waals surface area contributed by atoms with E-state index in [2.05, 4.69) is 37.2 Å². The summed E-state index contributed by atoms with van der Waals surface area (Å²) in [4.78, 5) is 60.2. The zero-order valence-electron chi connectivity index (χ0n) is 28.2. The quantitative estimate of drug-likeness (QED) is 0.132. The Balaban J connectivity index is 1.60. The summed E-state index contributed by atoms with van der Waals surface area (Å²) in [5.41, 5.74) is 0.572. The molecule has 1 aromatic carbocycles. The van der Waals surface area contributed by atoms with E-state index in [4.69, 9.17) is 9.47 Å². The molecule has 2 bridgehead atoms. The van der Waals surface area contributed by atoms with E-state index in [0.29, 0.717) is 57.2 Å². The number of rotatable bonds is 19. The average molecular weight is 653 g/mol. The SMILES string of the molecule is C=CCCC(=O)NC[C@H](C)OC(=O)[C@@H]1[C@@H]2CC[C@]3(O2)[C@H](C(=O)N(CC=C)c2ccc(N(CC)CC)cc2)N(CCCCCO)C(=O)[C@@H]13. The van der Waals surface area contributed by atoms with Gasteiger partial charge in [0.1, 0.15) is 17.7 Å². The molecule has 3 fully saturated rings. The zero-order valence-corrected chi connectivity index (χ0v) is 28.2. The van der Waals surface area contributed by atoms with Gasteiger partial charge in [-0.25, -0.2) is 0 Å². The Hall–Kier alpha value is -3.70. The van der Waals surface area contributed by atoms with Gasteiger partial charge in [-0.1, -0.05) is 12.2 Å². The molecule has 0 saturated carbocycles. The lowest BCUT2D eigenvalue weighted by Crippen LogP contribution is -2.56. The van der Waals surface area contributed by atoms with Gasteiger partial charge in [-0.2, -0.15) is 0 Å². The predicted octanol–water partition coefficient (Wildman–Crippen LogP) is 3.60. The van der Waals surface area contributed by atoms with Crippen molar-refractivity contribution in [1.82, 2.24) is 10.2 Å². The minimum Gasteiger partial charge on any atom is -0.460 e. The van der Waals surface area contributed by atoms with Crippen molar-refractivity contribution < 1.29 is 33.8 Å². The maximum absolute atomic E-state index is 14.7. The summed E-state index contributed by atoms with van der Waals surface area (Å²) in [6, 6.07) is 6.88. The number of amides is 3. The Morgan fingerprint density at radius 2 is 1.83 bits per heavy atom. The number of nitrogens with zero attached hydrogens (tertiary/aromatic N) is 3. The number of benzene rings is 1. The summed E-state index contributed by atoms with van der Waals surface area (Å²) >= 11 is 0. The highest BCUT2D eigenvalue weighted by atomic mass is 16.6. The zero-order chi connectivity index (χ0) is 34.1. The van der Waals surface area contributed by atoms with Crippen LogP contribution in [0.5, 0.6) is 0 Å². The van der Waals surface area contributed by atoms with Crippen LogP contribution in [0.4, 0.5) is 11.4 Å². The highest BCUT2D eigenvalue weighted by Gasteiger charge is 2.75. The summed E-state index contributed by atoms with van der Waals surface area (Å²) in [5, 5.41) is 12.1. The number of likely N-dealkylation sites (tertiary alicyclic amines) is 1. The standard InChI is InChI=1S/C36H52N4O7/c1-6-10-14-29(42)37-24-25(5)46-35(45)30-28-19-20-36(47-28)31(30)33(43)40(22-12-11-13-23-41)32(36)34(44)39(21-7-2)27-17-15-26(16-18-27)38(8-3)9-4/h6-7,15-18,25,28,30-32,41H,1-2,8-14,19-24H2,3-5H3,(H,37,42)/t25-,28-,30+,31+,32-,36+/m0/s1. The third kappa shape index (κ3) is 7.56. The van der Waals surface area contributed by atoms with E-state index in [1.165, 1.54) is 0 Å². The van der Waals surface area contributed by atoms with Crippen LogP contribution < -0.4 is 15.1 Å². The number of hydrogen-bond acceptors (Lipinski definition) is 8. The minimum absolute atomic E-state index is 0.0467. The topological polar surface area (TPSA) is 129 Å². The number of allylic oxidation sites excluding steroid dienone is 1. The van der Waals surface area contributed by atoms with Crippen molar-refractivity contribution in [3.8, 4) is 0 Å². The molecule has 0 unspecified atom stereocenters. The second-order valence-electron chi connectivity index (χ2n) is 12.7. The van der Waals surface area contributed by atoms with E-state index in [1.54, 1.807) is 28.9 Å². The third-order valence-corrected chi connectivity index (χ3v) is 9.71. The predicted molar refractivity (Wildman–Crippen MR) is 181 cm³/mol. The van der Waals surface area contributed by atoms with E-state index in [-0.39, 0.29) is 37.4 Å². The van der Waals surface area contributed by atoms with Crippen molar-refractivity contribution in [3.05, 3.63) is 49.6 Å². The molecule has 0 aromatic heterocycles. The first-order valence-electron chi connectivity index (χ1n) is 17.1. The molecule has 0 radical (unpaired) electrons. The van der Waals surface area contributed by atoms with E-state index >= 15 is 0 Å². The molecule has 11 nitrogen and oxygen atoms in total. The molecule has 4 rings (SSSR count). The van der Waals surface area contributed by atoms with Crippen LogP contribution in [0.2, 0.25) is 0 Å². The van der Waals surface area contributed by atoms with Crippen molar-refractivity contribution in [2.45, 2.75) is 89.6 Å². The molecule has 47 heavy (non-hydrogen) atoms. The van der Waals surface area contributed by atoms with Crippen molar-refractivity contribution >= 4 is 35.1 Å². The van der Waals surface area contributed by atoms with Gasteiger partial charge in [0.25, 0.3) is 5.91 Å². The van der Waals surface area contributed by atoms with Crippen LogP contribution in [0, 0.1) is 11.8 Å². The van der Waals surface area contributed by atoms with Crippen molar-refractivity contribution in [3.63, 3.8) is 0 Å². The van der Waals surface area contributed by atoms with Crippen LogP contribution in [0.3, 0.4) is 0 Å². The van der Waals surface area contributed by atoms with Gasteiger partial charge >= 0.3 is 5.97 Å². The first-order valence-corrected chi connectivity index (χ1v) is 17.1. The molecule has 258 valence electrons. The lowest BCUT2D eigenvalue weighted by molar-refractivity contribution is -0.159. The minimum atomic E-state index is -1.16. The molecule has 1 aromatic rings. The average Bonchev–Trinajstić information content (AvgIpc) is 3.71. The molecule has 2 N–H and O–H groups in total. The van der Waals surface area contributed by atoms with Gasteiger partial charge in [0.15, 0.2) is 0 Å². The van der Waals surface area contributed by atoms with Gasteiger partial charge < -0.3 is 34.6 Å². The lowest BCUT2D eigenvalue weighted by Gasteiger charge is -2.37. The number of aliphatic hydroxyl groups is 1. The molecule has 3 aliphatic rings. The molecule has 11 heteroatoms. The Morgan fingerprint density at radius 1 is 1.13 bits per heavy atom. The van der Waals surface area contributed by atoms with E-state index in [9.17, 15) is 24.3 Å². The molecule has 3 aliphatic heterocycles. The number of carbonyl (C=O) groups is 4.